The second-order valence-corrected chi connectivity index (χ2v) is 6.94. The van der Waals surface area contributed by atoms with E-state index in [1.165, 1.54) is 11.3 Å². The quantitative estimate of drug-likeness (QED) is 0.867. The van der Waals surface area contributed by atoms with Gasteiger partial charge in [-0.15, -0.1) is 0 Å². The molecule has 1 aliphatic rings. The van der Waals surface area contributed by atoms with E-state index in [0.29, 0.717) is 0 Å². The molecule has 1 aliphatic heterocycles. The van der Waals surface area contributed by atoms with Crippen molar-refractivity contribution in [3.05, 3.63) is 17.5 Å². The van der Waals surface area contributed by atoms with E-state index in [0.717, 1.165) is 19.6 Å². The molecule has 0 atom stereocenters. The Balaban J connectivity index is 2.14. The Hall–Kier alpha value is -0.870. The van der Waals surface area contributed by atoms with Crippen LogP contribution in [-0.4, -0.2) is 38.8 Å². The minimum Gasteiger partial charge on any atom is -0.304 e. The summed E-state index contributed by atoms with van der Waals surface area (Å²) in [5, 5.41) is 8.04. The first kappa shape index (κ1) is 13.6. The summed E-state index contributed by atoms with van der Waals surface area (Å²) in [6, 6.07) is 0. The molecule has 4 nitrogen and oxygen atoms in total. The van der Waals surface area contributed by atoms with Crippen molar-refractivity contribution in [3.8, 4) is 0 Å². The standard InChI is InChI=1S/C14H26N4/c1-11-7-15-17(6)12(11)8-18-9-13(2,3)16-14(4,5)10-18/h7,16H,8-10H2,1-6H3. The van der Waals surface area contributed by atoms with E-state index >= 15 is 0 Å². The number of aryl methyl sites for hydroxylation is 2. The Labute approximate surface area is 110 Å². The van der Waals surface area contributed by atoms with Crippen LogP contribution in [0, 0.1) is 6.92 Å². The van der Waals surface area contributed by atoms with Crippen molar-refractivity contribution in [2.45, 2.75) is 52.2 Å². The molecule has 0 aliphatic carbocycles. The predicted molar refractivity (Wildman–Crippen MR) is 74.5 cm³/mol. The van der Waals surface area contributed by atoms with Gasteiger partial charge in [0.05, 0.1) is 11.9 Å². The first-order valence-electron chi connectivity index (χ1n) is 6.68. The Bertz CT molecular complexity index is 396. The van der Waals surface area contributed by atoms with Gasteiger partial charge in [-0.25, -0.2) is 0 Å². The van der Waals surface area contributed by atoms with Gasteiger partial charge < -0.3 is 5.32 Å². The van der Waals surface area contributed by atoms with Gasteiger partial charge >= 0.3 is 0 Å². The third kappa shape index (κ3) is 2.93. The topological polar surface area (TPSA) is 33.1 Å². The fourth-order valence-corrected chi connectivity index (χ4v) is 3.29. The number of nitrogens with zero attached hydrogens (tertiary/aromatic N) is 3. The largest absolute Gasteiger partial charge is 0.304 e. The van der Waals surface area contributed by atoms with Crippen LogP contribution in [0.2, 0.25) is 0 Å². The lowest BCUT2D eigenvalue weighted by Crippen LogP contribution is -2.66. The minimum absolute atomic E-state index is 0.161. The summed E-state index contributed by atoms with van der Waals surface area (Å²) < 4.78 is 2.00. The lowest BCUT2D eigenvalue weighted by Gasteiger charge is -2.48. The summed E-state index contributed by atoms with van der Waals surface area (Å²) in [4.78, 5) is 2.53. The zero-order chi connectivity index (χ0) is 13.6. The number of aromatic nitrogens is 2. The molecule has 0 amide bonds. The van der Waals surface area contributed by atoms with Gasteiger partial charge in [0.2, 0.25) is 0 Å². The third-order valence-corrected chi connectivity index (χ3v) is 3.56. The smallest absolute Gasteiger partial charge is 0.0550 e. The van der Waals surface area contributed by atoms with E-state index in [1.807, 2.05) is 17.9 Å². The monoisotopic (exact) mass is 250 g/mol. The summed E-state index contributed by atoms with van der Waals surface area (Å²) in [5.74, 6) is 0. The van der Waals surface area contributed by atoms with Crippen LogP contribution in [0.5, 0.6) is 0 Å². The van der Waals surface area contributed by atoms with Gasteiger partial charge in [-0.05, 0) is 40.2 Å². The molecule has 0 radical (unpaired) electrons. The van der Waals surface area contributed by atoms with Gasteiger partial charge in [0.15, 0.2) is 0 Å². The van der Waals surface area contributed by atoms with Crippen molar-refractivity contribution in [2.75, 3.05) is 13.1 Å². The van der Waals surface area contributed by atoms with E-state index < -0.39 is 0 Å². The highest BCUT2D eigenvalue weighted by Crippen LogP contribution is 2.22. The van der Waals surface area contributed by atoms with Crippen LogP contribution in [-0.2, 0) is 13.6 Å². The maximum Gasteiger partial charge on any atom is 0.0550 e. The van der Waals surface area contributed by atoms with Gasteiger partial charge in [0, 0.05) is 37.8 Å². The van der Waals surface area contributed by atoms with Crippen molar-refractivity contribution >= 4 is 0 Å². The van der Waals surface area contributed by atoms with Gasteiger partial charge in [0.25, 0.3) is 0 Å². The summed E-state index contributed by atoms with van der Waals surface area (Å²) in [7, 11) is 2.03. The zero-order valence-corrected chi connectivity index (χ0v) is 12.5. The average molecular weight is 250 g/mol. The van der Waals surface area contributed by atoms with E-state index in [9.17, 15) is 0 Å². The highest BCUT2D eigenvalue weighted by atomic mass is 15.3. The number of rotatable bonds is 2. The Morgan fingerprint density at radius 1 is 1.22 bits per heavy atom. The summed E-state index contributed by atoms with van der Waals surface area (Å²) in [6.07, 6.45) is 1.95. The van der Waals surface area contributed by atoms with Crippen LogP contribution >= 0.6 is 0 Å². The van der Waals surface area contributed by atoms with E-state index in [2.05, 4.69) is 49.9 Å². The highest BCUT2D eigenvalue weighted by molar-refractivity contribution is 5.15. The molecule has 102 valence electrons. The van der Waals surface area contributed by atoms with Gasteiger partial charge in [0.1, 0.15) is 0 Å². The van der Waals surface area contributed by atoms with Crippen molar-refractivity contribution in [1.82, 2.24) is 20.0 Å². The second-order valence-electron chi connectivity index (χ2n) is 6.94. The molecule has 0 spiro atoms. The van der Waals surface area contributed by atoms with E-state index in [4.69, 9.17) is 0 Å². The lowest BCUT2D eigenvalue weighted by atomic mass is 9.91. The fraction of sp³-hybridized carbons (Fsp3) is 0.786. The predicted octanol–water partition coefficient (Wildman–Crippen LogP) is 1.69. The molecule has 1 N–H and O–H groups in total. The Morgan fingerprint density at radius 2 is 1.78 bits per heavy atom. The van der Waals surface area contributed by atoms with Crippen LogP contribution in [0.25, 0.3) is 0 Å². The highest BCUT2D eigenvalue weighted by Gasteiger charge is 2.36. The van der Waals surface area contributed by atoms with Crippen molar-refractivity contribution in [1.29, 1.82) is 0 Å². The van der Waals surface area contributed by atoms with Crippen molar-refractivity contribution in [2.24, 2.45) is 7.05 Å². The summed E-state index contributed by atoms with van der Waals surface area (Å²) in [5.41, 5.74) is 2.93. The first-order chi connectivity index (χ1) is 8.19. The Morgan fingerprint density at radius 3 is 2.22 bits per heavy atom. The number of nitrogens with one attached hydrogen (secondary N) is 1. The maximum absolute atomic E-state index is 4.33. The third-order valence-electron chi connectivity index (χ3n) is 3.56. The average Bonchev–Trinajstić information content (AvgIpc) is 2.44. The number of piperazine rings is 1. The molecule has 2 heterocycles. The SMILES string of the molecule is Cc1cnn(C)c1CN1CC(C)(C)NC(C)(C)C1. The molecule has 1 saturated heterocycles. The fourth-order valence-electron chi connectivity index (χ4n) is 3.29. The lowest BCUT2D eigenvalue weighted by molar-refractivity contribution is 0.0709. The molecule has 2 rings (SSSR count). The molecule has 1 aromatic rings. The molecule has 0 bridgehead atoms. The molecule has 18 heavy (non-hydrogen) atoms. The Kier molecular flexibility index (Phi) is 3.28. The minimum atomic E-state index is 0.161. The number of hydrogen-bond donors (Lipinski definition) is 1. The summed E-state index contributed by atoms with van der Waals surface area (Å²) in [6.45, 7) is 14.4. The molecular formula is C14H26N4. The molecule has 4 heteroatoms. The van der Waals surface area contributed by atoms with Crippen LogP contribution in [0.1, 0.15) is 39.0 Å². The van der Waals surface area contributed by atoms with Gasteiger partial charge in [-0.2, -0.15) is 5.10 Å². The van der Waals surface area contributed by atoms with Crippen LogP contribution in [0.3, 0.4) is 0 Å². The molecule has 0 unspecified atom stereocenters. The van der Waals surface area contributed by atoms with E-state index in [-0.39, 0.29) is 11.1 Å². The van der Waals surface area contributed by atoms with E-state index in [1.54, 1.807) is 0 Å². The number of hydrogen-bond acceptors (Lipinski definition) is 3. The molecular weight excluding hydrogens is 224 g/mol. The van der Waals surface area contributed by atoms with Crippen LogP contribution < -0.4 is 5.32 Å². The van der Waals surface area contributed by atoms with Crippen molar-refractivity contribution in [3.63, 3.8) is 0 Å². The van der Waals surface area contributed by atoms with Crippen LogP contribution in [0.4, 0.5) is 0 Å². The molecule has 1 aromatic heterocycles. The maximum atomic E-state index is 4.33. The zero-order valence-electron chi connectivity index (χ0n) is 12.5. The van der Waals surface area contributed by atoms with Gasteiger partial charge in [-0.3, -0.25) is 9.58 Å². The molecule has 0 saturated carbocycles. The van der Waals surface area contributed by atoms with Gasteiger partial charge in [-0.1, -0.05) is 0 Å². The normalized spacial score (nSPS) is 23.2. The van der Waals surface area contributed by atoms with Crippen LogP contribution in [0.15, 0.2) is 6.20 Å². The first-order valence-corrected chi connectivity index (χ1v) is 6.68. The molecule has 1 fully saturated rings. The molecule has 0 aromatic carbocycles. The van der Waals surface area contributed by atoms with Crippen molar-refractivity contribution < 1.29 is 0 Å². The second kappa shape index (κ2) is 4.35. The summed E-state index contributed by atoms with van der Waals surface area (Å²) >= 11 is 0.